The van der Waals surface area contributed by atoms with Gasteiger partial charge in [-0.1, -0.05) is 46.2 Å². The van der Waals surface area contributed by atoms with E-state index in [-0.39, 0.29) is 57.1 Å². The SMILES string of the molecule is CCC(=O)N=C1[C@H](C)C[C@@]2(C)OC/C(=N/OCc3ccc(-c4nc(NC(=O)[C@@H](N)CCCCN)cs4)cn3)CC[C@H]([C@H]1C)[C@](C)(O)[C@@H](CC)OC(=O)[C@@](C)(F)C(=O)C(C)[C@H]2O[C@@H]1O[C@H](C)C[C@H](N(C)C)[C@H]1O. The smallest absolute Gasteiger partial charge is 0.351 e. The average molecular weight is 1030 g/mol. The van der Waals surface area contributed by atoms with Crippen molar-refractivity contribution in [2.75, 3.05) is 32.6 Å². The number of aromatic nitrogens is 2. The van der Waals surface area contributed by atoms with Crippen LogP contribution in [0.25, 0.3) is 10.6 Å². The topological polar surface area (TPSA) is 273 Å². The number of carbonyl (C=O) groups excluding carboxylic acids is 4. The number of amides is 2. The Balaban J connectivity index is 1.55. The maximum absolute atomic E-state index is 17.1. The van der Waals surface area contributed by atoms with Crippen molar-refractivity contribution in [1.82, 2.24) is 14.9 Å². The Bertz CT molecular complexity index is 2230. The van der Waals surface area contributed by atoms with Crippen molar-refractivity contribution in [2.24, 2.45) is 45.3 Å². The maximum atomic E-state index is 17.1. The first-order chi connectivity index (χ1) is 33.9. The number of thiazole rings is 1. The molecule has 0 spiro atoms. The van der Waals surface area contributed by atoms with Gasteiger partial charge in [-0.15, -0.1) is 11.3 Å². The number of aliphatic imine (C=N–C) groups is 1. The second kappa shape index (κ2) is 25.4. The molecule has 14 atom stereocenters. The van der Waals surface area contributed by atoms with Gasteiger partial charge in [-0.3, -0.25) is 19.4 Å². The van der Waals surface area contributed by atoms with Crippen LogP contribution in [-0.2, 0) is 49.6 Å². The van der Waals surface area contributed by atoms with E-state index in [0.29, 0.717) is 52.9 Å². The van der Waals surface area contributed by atoms with Crippen molar-refractivity contribution in [1.29, 1.82) is 0 Å². The molecule has 2 aromatic rings. The number of alkyl halides is 1. The minimum absolute atomic E-state index is 0.0323. The number of pyridine rings is 1. The number of ether oxygens (including phenoxy) is 4. The number of carbonyl (C=O) groups is 4. The minimum Gasteiger partial charge on any atom is -0.457 e. The Labute approximate surface area is 427 Å². The second-order valence-electron chi connectivity index (χ2n) is 20.6. The monoisotopic (exact) mass is 1030 g/mol. The minimum atomic E-state index is -3.21. The summed E-state index contributed by atoms with van der Waals surface area (Å²) in [7, 11) is 3.64. The number of rotatable bonds is 15. The third kappa shape index (κ3) is 14.1. The van der Waals surface area contributed by atoms with Crippen LogP contribution in [0.4, 0.5) is 10.2 Å². The predicted octanol–water partition coefficient (Wildman–Crippen LogP) is 5.53. The normalized spacial score (nSPS) is 34.7. The van der Waals surface area contributed by atoms with Crippen molar-refractivity contribution in [3.63, 3.8) is 0 Å². The highest BCUT2D eigenvalue weighted by Crippen LogP contribution is 2.43. The van der Waals surface area contributed by atoms with Crippen LogP contribution in [0.3, 0.4) is 0 Å². The summed E-state index contributed by atoms with van der Waals surface area (Å²) in [4.78, 5) is 76.1. The molecule has 5 heterocycles. The third-order valence-corrected chi connectivity index (χ3v) is 15.5. The van der Waals surface area contributed by atoms with Crippen molar-refractivity contribution in [3.05, 3.63) is 29.4 Å². The van der Waals surface area contributed by atoms with Gasteiger partial charge in [0.1, 0.15) is 28.6 Å². The number of hydrogen-bond donors (Lipinski definition) is 5. The Kier molecular flexibility index (Phi) is 20.7. The molecule has 7 N–H and O–H groups in total. The van der Waals surface area contributed by atoms with Crippen LogP contribution in [0.2, 0.25) is 0 Å². The zero-order valence-electron chi connectivity index (χ0n) is 43.9. The Hall–Kier alpha value is -4.19. The van der Waals surface area contributed by atoms with E-state index in [1.54, 1.807) is 38.4 Å². The fourth-order valence-corrected chi connectivity index (χ4v) is 11.1. The van der Waals surface area contributed by atoms with Gasteiger partial charge in [0.15, 0.2) is 18.7 Å². The molecule has 72 heavy (non-hydrogen) atoms. The number of halogens is 1. The zero-order valence-corrected chi connectivity index (χ0v) is 44.7. The number of esters is 1. The van der Waals surface area contributed by atoms with E-state index in [1.165, 1.54) is 25.2 Å². The number of hydrogen-bond acceptors (Lipinski definition) is 18. The molecule has 19 nitrogen and oxygen atoms in total. The number of oxime groups is 1. The number of likely N-dealkylation sites (N-methyl/N-ethyl adjacent to an activating group) is 1. The Morgan fingerprint density at radius 3 is 2.47 bits per heavy atom. The van der Waals surface area contributed by atoms with E-state index in [1.807, 2.05) is 45.8 Å². The van der Waals surface area contributed by atoms with Gasteiger partial charge in [0.25, 0.3) is 5.67 Å². The molecular weight excluding hydrogens is 952 g/mol. The number of nitrogens with two attached hydrogens (primary N) is 2. The summed E-state index contributed by atoms with van der Waals surface area (Å²) < 4.78 is 42.8. The van der Waals surface area contributed by atoms with Crippen LogP contribution in [-0.4, -0.2) is 147 Å². The van der Waals surface area contributed by atoms with Gasteiger partial charge in [0.2, 0.25) is 11.8 Å². The summed E-state index contributed by atoms with van der Waals surface area (Å²) in [6, 6.07) is 2.49. The summed E-state index contributed by atoms with van der Waals surface area (Å²) in [5.41, 5.74) is 7.06. The number of cyclic esters (lactones) is 1. The summed E-state index contributed by atoms with van der Waals surface area (Å²) in [6.07, 6.45) is -0.945. The molecule has 0 saturated carbocycles. The van der Waals surface area contributed by atoms with Crippen LogP contribution in [0.1, 0.15) is 126 Å². The molecule has 3 aliphatic rings. The van der Waals surface area contributed by atoms with Gasteiger partial charge in [-0.25, -0.2) is 19.2 Å². The fourth-order valence-electron chi connectivity index (χ4n) is 10.3. The number of ketones is 1. The molecule has 0 radical (unpaired) electrons. The summed E-state index contributed by atoms with van der Waals surface area (Å²) in [6.45, 7) is 14.7. The molecule has 3 fully saturated rings. The number of unbranched alkanes of at least 4 members (excludes halogenated alkanes) is 1. The quantitative estimate of drug-likeness (QED) is 0.0635. The van der Waals surface area contributed by atoms with Gasteiger partial charge in [0.05, 0.1) is 41.9 Å². The van der Waals surface area contributed by atoms with E-state index in [2.05, 4.69) is 25.4 Å². The lowest BCUT2D eigenvalue weighted by Gasteiger charge is -2.48. The van der Waals surface area contributed by atoms with Crippen LogP contribution in [0.15, 0.2) is 33.9 Å². The van der Waals surface area contributed by atoms with E-state index in [4.69, 9.17) is 35.3 Å². The molecule has 3 aliphatic heterocycles. The number of anilines is 1. The molecule has 402 valence electrons. The van der Waals surface area contributed by atoms with E-state index >= 15 is 4.39 Å². The van der Waals surface area contributed by atoms with Gasteiger partial charge < -0.3 is 55.7 Å². The van der Waals surface area contributed by atoms with Gasteiger partial charge >= 0.3 is 5.97 Å². The summed E-state index contributed by atoms with van der Waals surface area (Å²) in [5.74, 6) is -6.41. The molecule has 2 aromatic heterocycles. The standard InChI is InChI=1S/C51H79FN8O11S/c1-12-38-51(9,66)35-20-19-34(59-68-26-33-18-17-32(24-55-33)46-57-39(27-72-46)56-45(64)36(54)16-14-15-21-53)25-67-49(7,23-28(3)41(30(35)5)58-40(61)13-2)44(31(6)43(63)50(8,52)48(65)70-38)71-47-42(62)37(60(10)11)22-29(4)69-47/h17-18,24,27-31,35-38,42,44,47,62,66H,12-16,19-23,25-26,53-54H2,1-11H3,(H,56,64)/b58-41?,59-34+/t28-,29-,30-,31?,35-,36+,37+,38-,42-,44-,47+,49-,50+,51+/m1/s1. The number of nitrogens with one attached hydrogen (secondary N) is 1. The first-order valence-corrected chi connectivity index (χ1v) is 26.2. The highest BCUT2D eigenvalue weighted by atomic mass is 32.1. The number of aliphatic hydroxyl groups is 2. The molecule has 1 unspecified atom stereocenters. The number of fused-ring (bicyclic) bond motifs is 5. The van der Waals surface area contributed by atoms with Gasteiger partial charge in [0, 0.05) is 47.2 Å². The maximum Gasteiger partial charge on any atom is 0.351 e. The molecule has 2 bridgehead atoms. The van der Waals surface area contributed by atoms with Gasteiger partial charge in [-0.2, -0.15) is 0 Å². The number of Topliss-reactive ketones (excluding diaryl/α,β-unsaturated/α-hetero) is 1. The summed E-state index contributed by atoms with van der Waals surface area (Å²) >= 11 is 1.33. The lowest BCUT2D eigenvalue weighted by Crippen LogP contribution is -2.61. The molecule has 0 aromatic carbocycles. The first kappa shape index (κ1) is 58.7. The summed E-state index contributed by atoms with van der Waals surface area (Å²) in [5, 5.41) is 34.1. The van der Waals surface area contributed by atoms with Crippen LogP contribution >= 0.6 is 11.3 Å². The van der Waals surface area contributed by atoms with Gasteiger partial charge in [-0.05, 0) is 117 Å². The second-order valence-corrected chi connectivity index (χ2v) is 21.5. The Morgan fingerprint density at radius 1 is 1.11 bits per heavy atom. The van der Waals surface area contributed by atoms with Crippen molar-refractivity contribution in [3.8, 4) is 10.6 Å². The van der Waals surface area contributed by atoms with E-state index < -0.39 is 95.1 Å². The first-order valence-electron chi connectivity index (χ1n) is 25.3. The lowest BCUT2D eigenvalue weighted by atomic mass is 9.68. The van der Waals surface area contributed by atoms with E-state index in [9.17, 15) is 29.4 Å². The molecule has 2 amide bonds. The van der Waals surface area contributed by atoms with Crippen LogP contribution < -0.4 is 16.8 Å². The molecular formula is C51H79FN8O11S. The van der Waals surface area contributed by atoms with Crippen LogP contribution in [0, 0.1) is 23.7 Å². The molecule has 5 rings (SSSR count). The molecule has 3 saturated heterocycles. The predicted molar refractivity (Wildman–Crippen MR) is 272 cm³/mol. The third-order valence-electron chi connectivity index (χ3n) is 14.6. The highest BCUT2D eigenvalue weighted by Gasteiger charge is 2.56. The largest absolute Gasteiger partial charge is 0.457 e. The fraction of sp³-hybridized carbons (Fsp3) is 0.725. The van der Waals surface area contributed by atoms with Crippen molar-refractivity contribution >= 4 is 52.1 Å². The molecule has 21 heteroatoms. The highest BCUT2D eigenvalue weighted by molar-refractivity contribution is 7.13. The Morgan fingerprint density at radius 2 is 1.83 bits per heavy atom. The van der Waals surface area contributed by atoms with Crippen LogP contribution in [0.5, 0.6) is 0 Å². The van der Waals surface area contributed by atoms with Crippen molar-refractivity contribution in [2.45, 2.75) is 186 Å². The van der Waals surface area contributed by atoms with Crippen molar-refractivity contribution < 1.29 is 57.6 Å². The lowest BCUT2D eigenvalue weighted by molar-refractivity contribution is -0.296. The molecule has 0 aliphatic carbocycles. The zero-order chi connectivity index (χ0) is 53.3. The average Bonchev–Trinajstić information content (AvgIpc) is 3.80. The van der Waals surface area contributed by atoms with E-state index in [0.717, 1.165) is 19.8 Å². The number of aliphatic hydroxyl groups excluding tert-OH is 1. The number of nitrogens with zero attached hydrogens (tertiary/aromatic N) is 5.